The number of aryl methyl sites for hydroxylation is 2. The Bertz CT molecular complexity index is 1100. The van der Waals surface area contributed by atoms with Crippen LogP contribution in [0.3, 0.4) is 0 Å². The van der Waals surface area contributed by atoms with E-state index in [2.05, 4.69) is 23.5 Å². The van der Waals surface area contributed by atoms with Crippen LogP contribution in [0.25, 0.3) is 0 Å². The summed E-state index contributed by atoms with van der Waals surface area (Å²) in [6.07, 6.45) is 5.80. The fourth-order valence-electron chi connectivity index (χ4n) is 5.44. The number of fused-ring (bicyclic) bond motifs is 2. The van der Waals surface area contributed by atoms with Gasteiger partial charge >= 0.3 is 12.0 Å². The minimum absolute atomic E-state index is 0.0166. The molecule has 2 aromatic rings. The van der Waals surface area contributed by atoms with Crippen molar-refractivity contribution in [2.24, 2.45) is 0 Å². The molecule has 1 saturated heterocycles. The van der Waals surface area contributed by atoms with Crippen molar-refractivity contribution in [1.82, 2.24) is 14.8 Å². The maximum absolute atomic E-state index is 13.6. The molecule has 8 nitrogen and oxygen atoms in total. The third kappa shape index (κ3) is 5.42. The Morgan fingerprint density at radius 2 is 2.06 bits per heavy atom. The fraction of sp³-hybridized carbons (Fsp3) is 0.536. The van der Waals surface area contributed by atoms with Gasteiger partial charge in [0.2, 0.25) is 0 Å². The van der Waals surface area contributed by atoms with Gasteiger partial charge in [0.25, 0.3) is 0 Å². The summed E-state index contributed by atoms with van der Waals surface area (Å²) in [5.74, 6) is 1.58. The Morgan fingerprint density at radius 1 is 1.17 bits per heavy atom. The number of nitrogens with zero attached hydrogens (tertiary/aromatic N) is 3. The molecule has 2 amide bonds. The molecular weight excluding hydrogens is 456 g/mol. The highest BCUT2D eigenvalue weighted by Gasteiger charge is 2.34. The maximum Gasteiger partial charge on any atom is 0.320 e. The van der Waals surface area contributed by atoms with Crippen molar-refractivity contribution >= 4 is 17.8 Å². The fourth-order valence-corrected chi connectivity index (χ4v) is 5.44. The Hall–Kier alpha value is -3.29. The minimum Gasteiger partial charge on any atom is -0.493 e. The number of esters is 1. The van der Waals surface area contributed by atoms with E-state index in [4.69, 9.17) is 14.5 Å². The van der Waals surface area contributed by atoms with Gasteiger partial charge in [0.05, 0.1) is 25.7 Å². The monoisotopic (exact) mass is 492 g/mol. The third-order valence-corrected chi connectivity index (χ3v) is 7.30. The lowest BCUT2D eigenvalue weighted by atomic mass is 9.98. The van der Waals surface area contributed by atoms with Crippen molar-refractivity contribution in [2.45, 2.75) is 57.9 Å². The molecule has 3 aliphatic heterocycles. The van der Waals surface area contributed by atoms with Crippen LogP contribution in [0.15, 0.2) is 30.3 Å². The van der Waals surface area contributed by atoms with E-state index in [0.29, 0.717) is 26.3 Å². The minimum atomic E-state index is -0.373. The van der Waals surface area contributed by atoms with Crippen LogP contribution in [0.1, 0.15) is 61.0 Å². The van der Waals surface area contributed by atoms with Crippen LogP contribution in [0.4, 0.5) is 10.6 Å². The molecule has 0 saturated carbocycles. The van der Waals surface area contributed by atoms with E-state index in [1.807, 2.05) is 21.9 Å². The van der Waals surface area contributed by atoms with Gasteiger partial charge in [-0.05, 0) is 67.9 Å². The number of hydrogen-bond donors (Lipinski definition) is 1. The number of rotatable bonds is 9. The summed E-state index contributed by atoms with van der Waals surface area (Å²) in [7, 11) is 0. The van der Waals surface area contributed by atoms with E-state index >= 15 is 0 Å². The van der Waals surface area contributed by atoms with Crippen LogP contribution in [-0.4, -0.2) is 66.2 Å². The van der Waals surface area contributed by atoms with Crippen LogP contribution < -0.4 is 10.1 Å². The van der Waals surface area contributed by atoms with Crippen LogP contribution in [-0.2, 0) is 28.8 Å². The maximum atomic E-state index is 13.6. The number of carbonyl (C=O) groups is 2. The summed E-state index contributed by atoms with van der Waals surface area (Å²) < 4.78 is 11.0. The van der Waals surface area contributed by atoms with E-state index < -0.39 is 0 Å². The van der Waals surface area contributed by atoms with Gasteiger partial charge in [0.15, 0.2) is 0 Å². The lowest BCUT2D eigenvalue weighted by Gasteiger charge is -2.40. The predicted octanol–water partition coefficient (Wildman–Crippen LogP) is 4.13. The van der Waals surface area contributed by atoms with Crippen molar-refractivity contribution in [3.05, 3.63) is 52.7 Å². The smallest absolute Gasteiger partial charge is 0.320 e. The SMILES string of the molecule is CCOC(=O)C[C@H](c1ccc2c(c1)OCC2)N1CCCN(CCCc2ccc3c(n2)NCCC3)C1=O. The second-order valence-corrected chi connectivity index (χ2v) is 9.75. The molecule has 1 N–H and O–H groups in total. The van der Waals surface area contributed by atoms with E-state index in [9.17, 15) is 9.59 Å². The van der Waals surface area contributed by atoms with Crippen molar-refractivity contribution in [1.29, 1.82) is 0 Å². The standard InChI is InChI=1S/C28H36N4O4/c1-2-35-26(33)19-24(22-9-8-20-12-17-36-25(20)18-22)32-16-5-15-31(28(32)34)14-4-7-23-11-10-21-6-3-13-29-27(21)30-23/h8-11,18,24H,2-7,12-17,19H2,1H3,(H,29,30)/t24-/m1/s1. The Balaban J connectivity index is 1.26. The molecule has 1 aromatic carbocycles. The molecular formula is C28H36N4O4. The number of nitrogens with one attached hydrogen (secondary N) is 1. The first-order valence-corrected chi connectivity index (χ1v) is 13.3. The average molecular weight is 493 g/mol. The highest BCUT2D eigenvalue weighted by atomic mass is 16.5. The van der Waals surface area contributed by atoms with Crippen molar-refractivity contribution < 1.29 is 19.1 Å². The van der Waals surface area contributed by atoms with Crippen molar-refractivity contribution in [2.75, 3.05) is 44.7 Å². The molecule has 1 fully saturated rings. The van der Waals surface area contributed by atoms with Crippen LogP contribution >= 0.6 is 0 Å². The lowest BCUT2D eigenvalue weighted by Crippen LogP contribution is -2.51. The lowest BCUT2D eigenvalue weighted by molar-refractivity contribution is -0.144. The number of benzene rings is 1. The van der Waals surface area contributed by atoms with Gasteiger partial charge < -0.3 is 24.6 Å². The zero-order valence-corrected chi connectivity index (χ0v) is 21.1. The van der Waals surface area contributed by atoms with Crippen LogP contribution in [0, 0.1) is 0 Å². The summed E-state index contributed by atoms with van der Waals surface area (Å²) >= 11 is 0. The number of anilines is 1. The Labute approximate surface area is 213 Å². The Kier molecular flexibility index (Phi) is 7.58. The normalized spacial score (nSPS) is 17.6. The molecule has 0 unspecified atom stereocenters. The molecule has 5 rings (SSSR count). The van der Waals surface area contributed by atoms with Gasteiger partial charge in [0, 0.05) is 38.3 Å². The van der Waals surface area contributed by atoms with Gasteiger partial charge in [-0.1, -0.05) is 18.2 Å². The first-order chi connectivity index (χ1) is 17.6. The first kappa shape index (κ1) is 24.4. The van der Waals surface area contributed by atoms with Crippen molar-refractivity contribution in [3.63, 3.8) is 0 Å². The summed E-state index contributed by atoms with van der Waals surface area (Å²) in [6.45, 7) is 5.80. The molecule has 1 atom stereocenters. The molecule has 1 aromatic heterocycles. The number of hydrogen-bond acceptors (Lipinski definition) is 6. The highest BCUT2D eigenvalue weighted by Crippen LogP contribution is 2.34. The molecule has 192 valence electrons. The molecule has 0 radical (unpaired) electrons. The zero-order chi connectivity index (χ0) is 24.9. The van der Waals surface area contributed by atoms with E-state index in [1.54, 1.807) is 6.92 Å². The summed E-state index contributed by atoms with van der Waals surface area (Å²) in [6, 6.07) is 9.98. The van der Waals surface area contributed by atoms with E-state index in [-0.39, 0.29) is 24.5 Å². The number of amides is 2. The van der Waals surface area contributed by atoms with E-state index in [0.717, 1.165) is 74.4 Å². The second kappa shape index (κ2) is 11.2. The van der Waals surface area contributed by atoms with Crippen molar-refractivity contribution in [3.8, 4) is 5.75 Å². The van der Waals surface area contributed by atoms with E-state index in [1.165, 1.54) is 11.1 Å². The Morgan fingerprint density at radius 3 is 2.94 bits per heavy atom. The third-order valence-electron chi connectivity index (χ3n) is 7.30. The highest BCUT2D eigenvalue weighted by molar-refractivity contribution is 5.77. The topological polar surface area (TPSA) is 84.0 Å². The summed E-state index contributed by atoms with van der Waals surface area (Å²) in [5.41, 5.74) is 4.44. The molecule has 0 spiro atoms. The number of aromatic nitrogens is 1. The van der Waals surface area contributed by atoms with Gasteiger partial charge in [-0.25, -0.2) is 9.78 Å². The average Bonchev–Trinajstić information content (AvgIpc) is 3.37. The summed E-state index contributed by atoms with van der Waals surface area (Å²) in [4.78, 5) is 34.6. The molecule has 36 heavy (non-hydrogen) atoms. The summed E-state index contributed by atoms with van der Waals surface area (Å²) in [5, 5.41) is 3.39. The molecule has 3 aliphatic rings. The largest absolute Gasteiger partial charge is 0.493 e. The predicted molar refractivity (Wildman–Crippen MR) is 137 cm³/mol. The molecule has 0 bridgehead atoms. The van der Waals surface area contributed by atoms with Gasteiger partial charge in [0.1, 0.15) is 11.6 Å². The molecule has 4 heterocycles. The van der Waals surface area contributed by atoms with Gasteiger partial charge in [-0.15, -0.1) is 0 Å². The van der Waals surface area contributed by atoms with Crippen LogP contribution in [0.5, 0.6) is 5.75 Å². The number of carbonyl (C=O) groups excluding carboxylic acids is 2. The molecule has 8 heteroatoms. The van der Waals surface area contributed by atoms with Gasteiger partial charge in [-0.2, -0.15) is 0 Å². The first-order valence-electron chi connectivity index (χ1n) is 13.3. The number of urea groups is 1. The zero-order valence-electron chi connectivity index (χ0n) is 21.1. The van der Waals surface area contributed by atoms with Gasteiger partial charge in [-0.3, -0.25) is 4.79 Å². The quantitative estimate of drug-likeness (QED) is 0.530. The second-order valence-electron chi connectivity index (χ2n) is 9.75. The number of ether oxygens (including phenoxy) is 2. The molecule has 0 aliphatic carbocycles. The van der Waals surface area contributed by atoms with Crippen LogP contribution in [0.2, 0.25) is 0 Å². The number of pyridine rings is 1.